The molecule has 0 bridgehead atoms. The van der Waals surface area contributed by atoms with E-state index < -0.39 is 6.17 Å². The summed E-state index contributed by atoms with van der Waals surface area (Å²) in [5.41, 5.74) is 1.24. The van der Waals surface area contributed by atoms with E-state index in [1.807, 2.05) is 12.1 Å². The molecule has 4 heteroatoms. The van der Waals surface area contributed by atoms with Crippen LogP contribution in [0.25, 0.3) is 0 Å². The van der Waals surface area contributed by atoms with E-state index in [2.05, 4.69) is 21.9 Å². The molecule has 0 aliphatic carbocycles. The van der Waals surface area contributed by atoms with Gasteiger partial charge in [-0.3, -0.25) is 4.90 Å². The lowest BCUT2D eigenvalue weighted by Gasteiger charge is -2.26. The van der Waals surface area contributed by atoms with Gasteiger partial charge in [0.25, 0.3) is 0 Å². The number of nitrogens with zero attached hydrogens (tertiary/aromatic N) is 2. The number of rotatable bonds is 7. The number of piperidine rings is 1. The third kappa shape index (κ3) is 5.47. The number of ether oxygens (including phenoxy) is 1. The summed E-state index contributed by atoms with van der Waals surface area (Å²) < 4.78 is 19.0. The van der Waals surface area contributed by atoms with Gasteiger partial charge in [0.15, 0.2) is 0 Å². The molecule has 0 unspecified atom stereocenters. The van der Waals surface area contributed by atoms with E-state index in [1.54, 1.807) is 0 Å². The molecular formula is C19H29FN2O. The highest BCUT2D eigenvalue weighted by Gasteiger charge is 2.21. The summed E-state index contributed by atoms with van der Waals surface area (Å²) in [5.74, 6) is 0.942. The van der Waals surface area contributed by atoms with Crippen LogP contribution in [0.3, 0.4) is 0 Å². The Morgan fingerprint density at radius 3 is 2.48 bits per heavy atom. The van der Waals surface area contributed by atoms with Gasteiger partial charge < -0.3 is 9.64 Å². The quantitative estimate of drug-likeness (QED) is 0.715. The van der Waals surface area contributed by atoms with Crippen molar-refractivity contribution in [1.82, 2.24) is 9.80 Å². The zero-order valence-electron chi connectivity index (χ0n) is 14.1. The Morgan fingerprint density at radius 1 is 1.00 bits per heavy atom. The van der Waals surface area contributed by atoms with E-state index >= 15 is 0 Å². The normalized spacial score (nSPS) is 23.3. The van der Waals surface area contributed by atoms with E-state index in [-0.39, 0.29) is 0 Å². The molecule has 23 heavy (non-hydrogen) atoms. The molecule has 0 N–H and O–H groups in total. The molecule has 1 atom stereocenters. The summed E-state index contributed by atoms with van der Waals surface area (Å²) >= 11 is 0. The number of hydrogen-bond donors (Lipinski definition) is 0. The second-order valence-electron chi connectivity index (χ2n) is 6.87. The fraction of sp³-hybridized carbons (Fsp3) is 0.684. The van der Waals surface area contributed by atoms with Gasteiger partial charge in [-0.1, -0.05) is 18.6 Å². The molecule has 0 radical (unpaired) electrons. The first-order valence-electron chi connectivity index (χ1n) is 9.10. The Balaban J connectivity index is 1.34. The minimum atomic E-state index is -0.641. The summed E-state index contributed by atoms with van der Waals surface area (Å²) in [4.78, 5) is 4.73. The van der Waals surface area contributed by atoms with Crippen molar-refractivity contribution in [3.05, 3.63) is 29.8 Å². The van der Waals surface area contributed by atoms with Crippen LogP contribution in [-0.2, 0) is 6.54 Å². The molecule has 0 spiro atoms. The largest absolute Gasteiger partial charge is 0.494 e. The molecule has 1 aromatic rings. The fourth-order valence-corrected chi connectivity index (χ4v) is 3.54. The zero-order valence-corrected chi connectivity index (χ0v) is 14.1. The van der Waals surface area contributed by atoms with Crippen LogP contribution in [0, 0.1) is 0 Å². The van der Waals surface area contributed by atoms with E-state index in [0.717, 1.165) is 38.4 Å². The molecule has 3 nitrogen and oxygen atoms in total. The fourth-order valence-electron chi connectivity index (χ4n) is 3.54. The zero-order chi connectivity index (χ0) is 15.9. The number of alkyl halides is 1. The molecule has 2 fully saturated rings. The monoisotopic (exact) mass is 320 g/mol. The van der Waals surface area contributed by atoms with E-state index in [0.29, 0.717) is 13.0 Å². The lowest BCUT2D eigenvalue weighted by Crippen LogP contribution is -2.31. The SMILES string of the molecule is F[C@@H]1CCN(Cc2ccc(OCCCN3CCCCC3)cc2)C1. The Bertz CT molecular complexity index is 459. The highest BCUT2D eigenvalue weighted by molar-refractivity contribution is 5.27. The Hall–Kier alpha value is -1.13. The van der Waals surface area contributed by atoms with Crippen molar-refractivity contribution in [2.75, 3.05) is 39.3 Å². The molecule has 2 saturated heterocycles. The van der Waals surface area contributed by atoms with Gasteiger partial charge in [0.05, 0.1) is 6.61 Å². The third-order valence-corrected chi connectivity index (χ3v) is 4.88. The van der Waals surface area contributed by atoms with E-state index in [4.69, 9.17) is 4.74 Å². The third-order valence-electron chi connectivity index (χ3n) is 4.88. The van der Waals surface area contributed by atoms with Crippen molar-refractivity contribution >= 4 is 0 Å². The van der Waals surface area contributed by atoms with E-state index in [1.165, 1.54) is 37.9 Å². The highest BCUT2D eigenvalue weighted by Crippen LogP contribution is 2.18. The lowest BCUT2D eigenvalue weighted by atomic mass is 10.1. The predicted octanol–water partition coefficient (Wildman–Crippen LogP) is 3.49. The van der Waals surface area contributed by atoms with Crippen molar-refractivity contribution in [2.24, 2.45) is 0 Å². The molecule has 1 aromatic carbocycles. The van der Waals surface area contributed by atoms with Crippen molar-refractivity contribution in [3.8, 4) is 5.75 Å². The Kier molecular flexibility index (Phi) is 6.29. The minimum Gasteiger partial charge on any atom is -0.494 e. The van der Waals surface area contributed by atoms with Crippen LogP contribution in [0.1, 0.15) is 37.7 Å². The van der Waals surface area contributed by atoms with Gasteiger partial charge in [-0.15, -0.1) is 0 Å². The van der Waals surface area contributed by atoms with Crippen LogP contribution in [-0.4, -0.2) is 55.3 Å². The van der Waals surface area contributed by atoms with Gasteiger partial charge >= 0.3 is 0 Å². The summed E-state index contributed by atoms with van der Waals surface area (Å²) in [6, 6.07) is 8.29. The predicted molar refractivity (Wildman–Crippen MR) is 91.6 cm³/mol. The van der Waals surface area contributed by atoms with Gasteiger partial charge in [0.2, 0.25) is 0 Å². The molecule has 2 aliphatic heterocycles. The standard InChI is InChI=1S/C19H29FN2O/c20-18-9-13-22(16-18)15-17-5-7-19(8-6-17)23-14-4-12-21-10-2-1-3-11-21/h5-8,18H,1-4,9-16H2/t18-/m1/s1. The minimum absolute atomic E-state index is 0.578. The van der Waals surface area contributed by atoms with Crippen LogP contribution in [0.2, 0.25) is 0 Å². The van der Waals surface area contributed by atoms with Crippen LogP contribution >= 0.6 is 0 Å². The average Bonchev–Trinajstić information content (AvgIpc) is 2.99. The number of halogens is 1. The maximum absolute atomic E-state index is 13.2. The first kappa shape index (κ1) is 16.7. The summed E-state index contributed by atoms with van der Waals surface area (Å²) in [5, 5.41) is 0. The molecule has 0 aromatic heterocycles. The molecule has 128 valence electrons. The molecule has 2 heterocycles. The van der Waals surface area contributed by atoms with Crippen LogP contribution in [0.4, 0.5) is 4.39 Å². The van der Waals surface area contributed by atoms with Crippen LogP contribution < -0.4 is 4.74 Å². The van der Waals surface area contributed by atoms with Crippen molar-refractivity contribution in [2.45, 2.75) is 44.8 Å². The summed E-state index contributed by atoms with van der Waals surface area (Å²) in [6.45, 7) is 6.74. The van der Waals surface area contributed by atoms with Gasteiger partial charge in [0.1, 0.15) is 11.9 Å². The number of likely N-dealkylation sites (tertiary alicyclic amines) is 2. The molecule has 3 rings (SSSR count). The van der Waals surface area contributed by atoms with Gasteiger partial charge in [-0.25, -0.2) is 4.39 Å². The van der Waals surface area contributed by atoms with Crippen LogP contribution in [0.5, 0.6) is 5.75 Å². The van der Waals surface area contributed by atoms with Crippen molar-refractivity contribution < 1.29 is 9.13 Å². The first-order chi connectivity index (χ1) is 11.3. The lowest BCUT2D eigenvalue weighted by molar-refractivity contribution is 0.205. The second kappa shape index (κ2) is 8.65. The van der Waals surface area contributed by atoms with Gasteiger partial charge in [-0.05, 0) is 56.5 Å². The maximum Gasteiger partial charge on any atom is 0.119 e. The molecule has 2 aliphatic rings. The first-order valence-corrected chi connectivity index (χ1v) is 9.10. The van der Waals surface area contributed by atoms with Crippen LogP contribution in [0.15, 0.2) is 24.3 Å². The number of hydrogen-bond acceptors (Lipinski definition) is 3. The van der Waals surface area contributed by atoms with Gasteiger partial charge in [0, 0.05) is 26.2 Å². The molecule has 0 amide bonds. The number of benzene rings is 1. The summed E-state index contributed by atoms with van der Waals surface area (Å²) in [6.07, 6.45) is 5.22. The second-order valence-corrected chi connectivity index (χ2v) is 6.87. The topological polar surface area (TPSA) is 15.7 Å². The Labute approximate surface area is 139 Å². The molecule has 0 saturated carbocycles. The smallest absolute Gasteiger partial charge is 0.119 e. The average molecular weight is 320 g/mol. The van der Waals surface area contributed by atoms with Crippen molar-refractivity contribution in [3.63, 3.8) is 0 Å². The summed E-state index contributed by atoms with van der Waals surface area (Å²) in [7, 11) is 0. The maximum atomic E-state index is 13.2. The van der Waals surface area contributed by atoms with Crippen molar-refractivity contribution in [1.29, 1.82) is 0 Å². The van der Waals surface area contributed by atoms with E-state index in [9.17, 15) is 4.39 Å². The van der Waals surface area contributed by atoms with Gasteiger partial charge in [-0.2, -0.15) is 0 Å². The Morgan fingerprint density at radius 2 is 1.78 bits per heavy atom. The molecular weight excluding hydrogens is 291 g/mol. The highest BCUT2D eigenvalue weighted by atomic mass is 19.1.